The first kappa shape index (κ1) is 20.9. The molecule has 0 saturated carbocycles. The SMILES string of the molecule is Cc1cc2ncc(C(=O)NCC(C)(C)NC(C=O)CN3CCC[C@H]3C#N)cn2n1. The largest absolute Gasteiger partial charge is 0.350 e. The van der Waals surface area contributed by atoms with Crippen LogP contribution >= 0.6 is 0 Å². The summed E-state index contributed by atoms with van der Waals surface area (Å²) in [4.78, 5) is 30.4. The third-order valence-electron chi connectivity index (χ3n) is 5.07. The number of carbonyl (C=O) groups excluding carboxylic acids is 2. The zero-order chi connectivity index (χ0) is 21.0. The lowest BCUT2D eigenvalue weighted by molar-refractivity contribution is -0.110. The van der Waals surface area contributed by atoms with E-state index in [0.717, 1.165) is 31.4 Å². The van der Waals surface area contributed by atoms with E-state index in [1.54, 1.807) is 10.7 Å². The second kappa shape index (κ2) is 8.68. The van der Waals surface area contributed by atoms with E-state index in [1.807, 2.05) is 31.7 Å². The van der Waals surface area contributed by atoms with Gasteiger partial charge in [0.2, 0.25) is 0 Å². The second-order valence-electron chi connectivity index (χ2n) is 8.17. The van der Waals surface area contributed by atoms with Gasteiger partial charge < -0.3 is 10.1 Å². The van der Waals surface area contributed by atoms with Gasteiger partial charge in [0.25, 0.3) is 5.91 Å². The van der Waals surface area contributed by atoms with Crippen molar-refractivity contribution in [2.24, 2.45) is 0 Å². The van der Waals surface area contributed by atoms with Crippen LogP contribution in [0.3, 0.4) is 0 Å². The maximum Gasteiger partial charge on any atom is 0.254 e. The Balaban J connectivity index is 1.56. The van der Waals surface area contributed by atoms with Gasteiger partial charge >= 0.3 is 0 Å². The molecule has 1 fully saturated rings. The number of nitrogens with one attached hydrogen (secondary N) is 2. The number of likely N-dealkylation sites (tertiary alicyclic amines) is 1. The third-order valence-corrected chi connectivity index (χ3v) is 5.07. The summed E-state index contributed by atoms with van der Waals surface area (Å²) in [5, 5.41) is 19.7. The molecule has 2 N–H and O–H groups in total. The maximum atomic E-state index is 12.5. The molecule has 0 radical (unpaired) electrons. The Labute approximate surface area is 170 Å². The van der Waals surface area contributed by atoms with Gasteiger partial charge in [-0.3, -0.25) is 15.0 Å². The Morgan fingerprint density at radius 2 is 2.31 bits per heavy atom. The zero-order valence-corrected chi connectivity index (χ0v) is 17.1. The van der Waals surface area contributed by atoms with E-state index in [-0.39, 0.29) is 11.9 Å². The lowest BCUT2D eigenvalue weighted by Gasteiger charge is -2.32. The lowest BCUT2D eigenvalue weighted by Crippen LogP contribution is -2.56. The molecule has 1 unspecified atom stereocenters. The molecule has 2 atom stereocenters. The second-order valence-corrected chi connectivity index (χ2v) is 8.17. The van der Waals surface area contributed by atoms with Crippen LogP contribution in [-0.4, -0.2) is 68.9 Å². The van der Waals surface area contributed by atoms with Crippen molar-refractivity contribution in [3.05, 3.63) is 29.7 Å². The summed E-state index contributed by atoms with van der Waals surface area (Å²) in [5.41, 5.74) is 1.42. The quantitative estimate of drug-likeness (QED) is 0.630. The summed E-state index contributed by atoms with van der Waals surface area (Å²) in [6.45, 7) is 7.35. The highest BCUT2D eigenvalue weighted by Gasteiger charge is 2.29. The molecule has 1 amide bonds. The number of nitriles is 1. The summed E-state index contributed by atoms with van der Waals surface area (Å²) < 4.78 is 1.58. The Morgan fingerprint density at radius 3 is 3.03 bits per heavy atom. The topological polar surface area (TPSA) is 115 Å². The van der Waals surface area contributed by atoms with Crippen molar-refractivity contribution in [3.63, 3.8) is 0 Å². The fourth-order valence-electron chi connectivity index (χ4n) is 3.63. The van der Waals surface area contributed by atoms with E-state index >= 15 is 0 Å². The summed E-state index contributed by atoms with van der Waals surface area (Å²) >= 11 is 0. The van der Waals surface area contributed by atoms with Crippen LogP contribution in [0.5, 0.6) is 0 Å². The van der Waals surface area contributed by atoms with Gasteiger partial charge in [-0.2, -0.15) is 10.4 Å². The van der Waals surface area contributed by atoms with Crippen molar-refractivity contribution in [2.75, 3.05) is 19.6 Å². The standard InChI is InChI=1S/C20H27N7O2/c1-14-7-18-22-9-15(10-27(18)25-14)19(29)23-13-20(2,3)24-16(12-28)11-26-6-4-5-17(26)8-21/h7,9-10,12,16-17,24H,4-6,11,13H2,1-3H3,(H,23,29)/t16?,17-/m0/s1. The van der Waals surface area contributed by atoms with Crippen LogP contribution in [0.4, 0.5) is 0 Å². The fourth-order valence-corrected chi connectivity index (χ4v) is 3.63. The number of aldehydes is 1. The van der Waals surface area contributed by atoms with Gasteiger partial charge in [0.1, 0.15) is 6.29 Å². The van der Waals surface area contributed by atoms with Gasteiger partial charge in [0, 0.05) is 37.1 Å². The number of carbonyl (C=O) groups is 2. The number of hydrogen-bond acceptors (Lipinski definition) is 7. The van der Waals surface area contributed by atoms with Crippen LogP contribution in [0.15, 0.2) is 18.5 Å². The number of aromatic nitrogens is 3. The average Bonchev–Trinajstić information content (AvgIpc) is 3.29. The van der Waals surface area contributed by atoms with Crippen LogP contribution in [0.25, 0.3) is 5.65 Å². The van der Waals surface area contributed by atoms with Crippen LogP contribution < -0.4 is 10.6 Å². The molecular formula is C20H27N7O2. The maximum absolute atomic E-state index is 12.5. The van der Waals surface area contributed by atoms with E-state index in [2.05, 4.69) is 26.8 Å². The summed E-state index contributed by atoms with van der Waals surface area (Å²) in [5.74, 6) is -0.255. The average molecular weight is 397 g/mol. The van der Waals surface area contributed by atoms with Crippen LogP contribution in [0.1, 0.15) is 42.7 Å². The number of amides is 1. The Hall–Kier alpha value is -2.83. The number of hydrogen-bond donors (Lipinski definition) is 2. The van der Waals surface area contributed by atoms with E-state index < -0.39 is 11.6 Å². The summed E-state index contributed by atoms with van der Waals surface area (Å²) in [6.07, 6.45) is 5.85. The lowest BCUT2D eigenvalue weighted by atomic mass is 10.0. The van der Waals surface area contributed by atoms with Crippen molar-refractivity contribution in [1.82, 2.24) is 30.1 Å². The van der Waals surface area contributed by atoms with E-state index in [1.165, 1.54) is 6.20 Å². The molecule has 0 aromatic carbocycles. The van der Waals surface area contributed by atoms with Gasteiger partial charge in [-0.15, -0.1) is 0 Å². The molecule has 0 aliphatic carbocycles. The smallest absolute Gasteiger partial charge is 0.254 e. The number of nitrogens with zero attached hydrogens (tertiary/aromatic N) is 5. The van der Waals surface area contributed by atoms with Crippen molar-refractivity contribution < 1.29 is 9.59 Å². The first-order valence-corrected chi connectivity index (χ1v) is 9.78. The van der Waals surface area contributed by atoms with E-state index in [4.69, 9.17) is 0 Å². The molecule has 1 aliphatic rings. The van der Waals surface area contributed by atoms with Crippen molar-refractivity contribution in [1.29, 1.82) is 5.26 Å². The normalized spacial score (nSPS) is 18.5. The number of fused-ring (bicyclic) bond motifs is 1. The first-order chi connectivity index (χ1) is 13.8. The predicted molar refractivity (Wildman–Crippen MR) is 107 cm³/mol. The van der Waals surface area contributed by atoms with Gasteiger partial charge in [0.15, 0.2) is 5.65 Å². The highest BCUT2D eigenvalue weighted by atomic mass is 16.1. The van der Waals surface area contributed by atoms with Crippen molar-refractivity contribution >= 4 is 17.8 Å². The summed E-state index contributed by atoms with van der Waals surface area (Å²) in [6, 6.07) is 3.58. The van der Waals surface area contributed by atoms with Gasteiger partial charge in [0.05, 0.1) is 29.4 Å². The molecule has 0 spiro atoms. The molecule has 3 rings (SSSR count). The van der Waals surface area contributed by atoms with Crippen molar-refractivity contribution in [3.8, 4) is 6.07 Å². The highest BCUT2D eigenvalue weighted by molar-refractivity contribution is 5.93. The van der Waals surface area contributed by atoms with Gasteiger partial charge in [-0.1, -0.05) is 0 Å². The molecule has 2 aromatic rings. The number of rotatable bonds is 8. The van der Waals surface area contributed by atoms with Crippen LogP contribution in [0.2, 0.25) is 0 Å². The predicted octanol–water partition coefficient (Wildman–Crippen LogP) is 0.691. The molecule has 9 nitrogen and oxygen atoms in total. The fraction of sp³-hybridized carbons (Fsp3) is 0.550. The highest BCUT2D eigenvalue weighted by Crippen LogP contribution is 2.16. The monoisotopic (exact) mass is 397 g/mol. The van der Waals surface area contributed by atoms with E-state index in [0.29, 0.717) is 24.3 Å². The molecular weight excluding hydrogens is 370 g/mol. The molecule has 2 aromatic heterocycles. The van der Waals surface area contributed by atoms with Crippen LogP contribution in [0, 0.1) is 18.3 Å². The Bertz CT molecular complexity index is 931. The number of aryl methyl sites for hydroxylation is 1. The minimum Gasteiger partial charge on any atom is -0.350 e. The van der Waals surface area contributed by atoms with Crippen molar-refractivity contribution in [2.45, 2.75) is 51.2 Å². The Kier molecular flexibility index (Phi) is 6.25. The molecule has 154 valence electrons. The molecule has 0 bridgehead atoms. The van der Waals surface area contributed by atoms with Gasteiger partial charge in [-0.25, -0.2) is 9.50 Å². The minimum atomic E-state index is -0.511. The summed E-state index contributed by atoms with van der Waals surface area (Å²) in [7, 11) is 0. The molecule has 1 aliphatic heterocycles. The molecule has 9 heteroatoms. The van der Waals surface area contributed by atoms with Crippen LogP contribution in [-0.2, 0) is 4.79 Å². The third kappa shape index (κ3) is 5.16. The zero-order valence-electron chi connectivity index (χ0n) is 17.1. The van der Waals surface area contributed by atoms with Gasteiger partial charge in [-0.05, 0) is 40.2 Å². The minimum absolute atomic E-state index is 0.129. The first-order valence-electron chi connectivity index (χ1n) is 9.78. The van der Waals surface area contributed by atoms with E-state index in [9.17, 15) is 14.9 Å². The molecule has 1 saturated heterocycles. The molecule has 29 heavy (non-hydrogen) atoms. The molecule has 3 heterocycles. The Morgan fingerprint density at radius 1 is 1.52 bits per heavy atom.